The van der Waals surface area contributed by atoms with Crippen LogP contribution in [0.3, 0.4) is 0 Å². The molecule has 1 unspecified atom stereocenters. The van der Waals surface area contributed by atoms with Crippen LogP contribution in [0, 0.1) is 5.92 Å². The number of hydrogen-bond acceptors (Lipinski definition) is 2. The third-order valence-corrected chi connectivity index (χ3v) is 2.99. The van der Waals surface area contributed by atoms with Gasteiger partial charge in [-0.3, -0.25) is 0 Å². The number of morpholine rings is 1. The number of nitrogens with zero attached hydrogens (tertiary/aromatic N) is 2. The number of hydrogen-bond donors (Lipinski definition) is 1. The molecule has 0 aromatic rings. The molecule has 0 aromatic carbocycles. The number of ether oxygens (including phenoxy) is 1. The Labute approximate surface area is 93.5 Å². The molecule has 16 heavy (non-hydrogen) atoms. The first kappa shape index (κ1) is 11.6. The van der Waals surface area contributed by atoms with Crippen LogP contribution < -0.4 is 5.73 Å². The lowest BCUT2D eigenvalue weighted by Crippen LogP contribution is -2.48. The van der Waals surface area contributed by atoms with E-state index in [9.17, 15) is 8.78 Å². The predicted molar refractivity (Wildman–Crippen MR) is 56.5 cm³/mol. The highest BCUT2D eigenvalue weighted by atomic mass is 19.3. The van der Waals surface area contributed by atoms with Gasteiger partial charge in [-0.1, -0.05) is 0 Å². The number of halogens is 2. The summed E-state index contributed by atoms with van der Waals surface area (Å²) in [5, 5.41) is 0. The molecular weight excluding hydrogens is 216 g/mol. The topological polar surface area (TPSA) is 50.8 Å². The maximum Gasteiger partial charge on any atom is 0.243 e. The average Bonchev–Trinajstić information content (AvgIpc) is 2.97. The Balaban J connectivity index is 1.87. The van der Waals surface area contributed by atoms with E-state index in [2.05, 4.69) is 4.99 Å². The van der Waals surface area contributed by atoms with Crippen LogP contribution in [0.15, 0.2) is 4.99 Å². The third-order valence-electron chi connectivity index (χ3n) is 2.99. The highest BCUT2D eigenvalue weighted by Crippen LogP contribution is 2.39. The minimum absolute atomic E-state index is 0.118. The van der Waals surface area contributed by atoms with E-state index in [4.69, 9.17) is 10.5 Å². The summed E-state index contributed by atoms with van der Waals surface area (Å²) >= 11 is 0. The Morgan fingerprint density at radius 3 is 2.88 bits per heavy atom. The molecule has 1 saturated heterocycles. The van der Waals surface area contributed by atoms with E-state index in [0.717, 1.165) is 0 Å². The molecule has 0 aromatic heterocycles. The Hall–Kier alpha value is -0.910. The Bertz CT molecular complexity index is 285. The summed E-state index contributed by atoms with van der Waals surface area (Å²) in [4.78, 5) is 6.03. The van der Waals surface area contributed by atoms with E-state index in [1.54, 1.807) is 0 Å². The molecule has 92 valence electrons. The number of rotatable bonds is 2. The lowest BCUT2D eigenvalue weighted by atomic mass is 10.3. The van der Waals surface area contributed by atoms with E-state index in [1.165, 1.54) is 0 Å². The van der Waals surface area contributed by atoms with Gasteiger partial charge < -0.3 is 15.4 Å². The Morgan fingerprint density at radius 2 is 2.31 bits per heavy atom. The molecule has 0 bridgehead atoms. The number of alkyl halides is 2. The standard InChI is InChI=1S/C10H17F2N3O/c1-6-5-15(2-3-16-6)10(13)14-8-4-7(8)9(11)12/h6-9H,2-5H2,1H3,(H2,13,14)/t6?,7-,8-/m0/s1. The summed E-state index contributed by atoms with van der Waals surface area (Å²) in [6.07, 6.45) is -1.70. The maximum absolute atomic E-state index is 12.3. The van der Waals surface area contributed by atoms with Gasteiger partial charge in [0.1, 0.15) is 0 Å². The van der Waals surface area contributed by atoms with E-state index in [0.29, 0.717) is 32.1 Å². The van der Waals surface area contributed by atoms with Gasteiger partial charge in [0, 0.05) is 19.0 Å². The van der Waals surface area contributed by atoms with E-state index in [1.807, 2.05) is 11.8 Å². The van der Waals surface area contributed by atoms with Gasteiger partial charge in [-0.15, -0.1) is 0 Å². The van der Waals surface area contributed by atoms with Crippen molar-refractivity contribution in [1.29, 1.82) is 0 Å². The van der Waals surface area contributed by atoms with Gasteiger partial charge in [0.2, 0.25) is 6.43 Å². The Morgan fingerprint density at radius 1 is 1.56 bits per heavy atom. The van der Waals surface area contributed by atoms with Crippen LogP contribution >= 0.6 is 0 Å². The molecule has 1 aliphatic heterocycles. The highest BCUT2D eigenvalue weighted by molar-refractivity contribution is 5.78. The van der Waals surface area contributed by atoms with E-state index in [-0.39, 0.29) is 12.1 Å². The number of aliphatic imine (C=N–C) groups is 1. The van der Waals surface area contributed by atoms with Crippen LogP contribution in [0.5, 0.6) is 0 Å². The lowest BCUT2D eigenvalue weighted by Gasteiger charge is -2.31. The van der Waals surface area contributed by atoms with Crippen molar-refractivity contribution in [2.45, 2.75) is 31.9 Å². The van der Waals surface area contributed by atoms with E-state index < -0.39 is 12.3 Å². The van der Waals surface area contributed by atoms with Gasteiger partial charge in [-0.05, 0) is 13.3 Å². The molecule has 2 aliphatic rings. The summed E-state index contributed by atoms with van der Waals surface area (Å²) in [5.74, 6) is -0.208. The van der Waals surface area contributed by atoms with Crippen molar-refractivity contribution >= 4 is 5.96 Å². The summed E-state index contributed by atoms with van der Waals surface area (Å²) < 4.78 is 29.9. The fraction of sp³-hybridized carbons (Fsp3) is 0.900. The van der Waals surface area contributed by atoms with Crippen molar-refractivity contribution in [1.82, 2.24) is 4.90 Å². The van der Waals surface area contributed by atoms with Crippen molar-refractivity contribution in [3.8, 4) is 0 Å². The first-order valence-electron chi connectivity index (χ1n) is 5.56. The third kappa shape index (κ3) is 2.61. The van der Waals surface area contributed by atoms with Crippen LogP contribution in [0.25, 0.3) is 0 Å². The van der Waals surface area contributed by atoms with Gasteiger partial charge >= 0.3 is 0 Å². The van der Waals surface area contributed by atoms with Crippen LogP contribution in [0.1, 0.15) is 13.3 Å². The average molecular weight is 233 g/mol. The van der Waals surface area contributed by atoms with Crippen LogP contribution in [0.2, 0.25) is 0 Å². The van der Waals surface area contributed by atoms with Gasteiger partial charge in [0.15, 0.2) is 5.96 Å². The molecule has 2 fully saturated rings. The SMILES string of the molecule is CC1CN(C(N)=N[C@H]2C[C@@H]2C(F)F)CCO1. The minimum Gasteiger partial charge on any atom is -0.375 e. The first-order valence-corrected chi connectivity index (χ1v) is 5.56. The van der Waals surface area contributed by atoms with Gasteiger partial charge in [-0.25, -0.2) is 13.8 Å². The second kappa shape index (κ2) is 4.53. The lowest BCUT2D eigenvalue weighted by molar-refractivity contribution is 0.00524. The van der Waals surface area contributed by atoms with Crippen molar-refractivity contribution in [3.63, 3.8) is 0 Å². The highest BCUT2D eigenvalue weighted by Gasteiger charge is 2.44. The molecule has 6 heteroatoms. The second-order valence-electron chi connectivity index (χ2n) is 4.42. The van der Waals surface area contributed by atoms with Crippen molar-refractivity contribution in [3.05, 3.63) is 0 Å². The molecule has 4 nitrogen and oxygen atoms in total. The monoisotopic (exact) mass is 233 g/mol. The van der Waals surface area contributed by atoms with Crippen LogP contribution in [-0.2, 0) is 4.74 Å². The summed E-state index contributed by atoms with van der Waals surface area (Å²) in [5.41, 5.74) is 5.79. The molecular formula is C10H17F2N3O. The minimum atomic E-state index is -2.27. The molecule has 1 aliphatic carbocycles. The molecule has 2 rings (SSSR count). The molecule has 2 N–H and O–H groups in total. The number of guanidine groups is 1. The van der Waals surface area contributed by atoms with Gasteiger partial charge in [0.05, 0.1) is 18.8 Å². The molecule has 1 saturated carbocycles. The molecule has 0 amide bonds. The summed E-state index contributed by atoms with van der Waals surface area (Å²) in [6.45, 7) is 3.94. The Kier molecular flexibility index (Phi) is 3.28. The zero-order valence-corrected chi connectivity index (χ0v) is 9.27. The number of nitrogens with two attached hydrogens (primary N) is 1. The van der Waals surface area contributed by atoms with Crippen molar-refractivity contribution in [2.24, 2.45) is 16.6 Å². The zero-order chi connectivity index (χ0) is 11.7. The quantitative estimate of drug-likeness (QED) is 0.563. The smallest absolute Gasteiger partial charge is 0.243 e. The van der Waals surface area contributed by atoms with Crippen molar-refractivity contribution < 1.29 is 13.5 Å². The van der Waals surface area contributed by atoms with Crippen molar-refractivity contribution in [2.75, 3.05) is 19.7 Å². The normalized spacial score (nSPS) is 35.6. The van der Waals surface area contributed by atoms with E-state index >= 15 is 0 Å². The summed E-state index contributed by atoms with van der Waals surface area (Å²) in [6, 6.07) is -0.279. The van der Waals surface area contributed by atoms with Crippen LogP contribution in [0.4, 0.5) is 8.78 Å². The van der Waals surface area contributed by atoms with Gasteiger partial charge in [-0.2, -0.15) is 0 Å². The largest absolute Gasteiger partial charge is 0.375 e. The fourth-order valence-corrected chi connectivity index (χ4v) is 1.90. The maximum atomic E-state index is 12.3. The zero-order valence-electron chi connectivity index (χ0n) is 9.27. The first-order chi connectivity index (χ1) is 7.58. The molecule has 0 spiro atoms. The predicted octanol–water partition coefficient (Wildman–Crippen LogP) is 0.675. The molecule has 1 heterocycles. The fourth-order valence-electron chi connectivity index (χ4n) is 1.90. The van der Waals surface area contributed by atoms with Gasteiger partial charge in [0.25, 0.3) is 0 Å². The summed E-state index contributed by atoms with van der Waals surface area (Å²) in [7, 11) is 0. The molecule has 3 atom stereocenters. The second-order valence-corrected chi connectivity index (χ2v) is 4.42. The van der Waals surface area contributed by atoms with Crippen LogP contribution in [-0.4, -0.2) is 49.1 Å². The molecule has 0 radical (unpaired) electrons.